The average Bonchev–Trinajstić information content (AvgIpc) is 3.29. The number of ether oxygens (including phenoxy) is 2. The number of carbonyl (C=O) groups is 1. The fraction of sp³-hybridized carbons (Fsp3) is 0.105. The van der Waals surface area contributed by atoms with E-state index in [4.69, 9.17) is 32.7 Å². The highest BCUT2D eigenvalue weighted by molar-refractivity contribution is 7.16. The summed E-state index contributed by atoms with van der Waals surface area (Å²) < 4.78 is 12.4. The van der Waals surface area contributed by atoms with Crippen LogP contribution in [0, 0.1) is 0 Å². The standard InChI is InChI=1S/C19H13Cl2N3O4S/c1-27-14-6-12-13(7-15(14)28-2)24(8-22-12)19-23-16(17(29-19)18(25)26)9-3-10(20)5-11(21)4-9/h3-8H,1-2H3,(H,25,26). The molecule has 1 N–H and O–H groups in total. The molecule has 0 saturated heterocycles. The zero-order valence-corrected chi connectivity index (χ0v) is 17.5. The summed E-state index contributed by atoms with van der Waals surface area (Å²) in [4.78, 5) is 20.8. The number of hydrogen-bond donors (Lipinski definition) is 1. The minimum atomic E-state index is -1.09. The summed E-state index contributed by atoms with van der Waals surface area (Å²) in [6.45, 7) is 0. The predicted molar refractivity (Wildman–Crippen MR) is 112 cm³/mol. The van der Waals surface area contributed by atoms with Crippen LogP contribution in [0.2, 0.25) is 10.0 Å². The van der Waals surface area contributed by atoms with Crippen LogP contribution in [0.5, 0.6) is 11.5 Å². The molecule has 0 bridgehead atoms. The summed E-state index contributed by atoms with van der Waals surface area (Å²) in [6.07, 6.45) is 1.57. The Balaban J connectivity index is 1.91. The lowest BCUT2D eigenvalue weighted by Crippen LogP contribution is -1.95. The van der Waals surface area contributed by atoms with E-state index in [1.165, 1.54) is 7.11 Å². The largest absolute Gasteiger partial charge is 0.493 e. The molecule has 4 aromatic rings. The topological polar surface area (TPSA) is 86.5 Å². The number of methoxy groups -OCH3 is 2. The van der Waals surface area contributed by atoms with Gasteiger partial charge in [0.1, 0.15) is 11.2 Å². The molecule has 0 radical (unpaired) electrons. The molecule has 0 fully saturated rings. The second-order valence-electron chi connectivity index (χ2n) is 5.95. The number of aromatic carboxylic acids is 1. The number of rotatable bonds is 5. The quantitative estimate of drug-likeness (QED) is 0.452. The summed E-state index contributed by atoms with van der Waals surface area (Å²) in [6, 6.07) is 8.33. The molecule has 0 saturated carbocycles. The van der Waals surface area contributed by atoms with Crippen LogP contribution in [0.15, 0.2) is 36.7 Å². The van der Waals surface area contributed by atoms with Crippen LogP contribution < -0.4 is 9.47 Å². The van der Waals surface area contributed by atoms with Gasteiger partial charge in [0.2, 0.25) is 0 Å². The maximum atomic E-state index is 11.8. The lowest BCUT2D eigenvalue weighted by atomic mass is 10.1. The van der Waals surface area contributed by atoms with E-state index in [-0.39, 0.29) is 10.6 Å². The SMILES string of the molecule is COc1cc2ncn(-c3nc(-c4cc(Cl)cc(Cl)c4)c(C(=O)O)s3)c2cc1OC. The van der Waals surface area contributed by atoms with Crippen molar-refractivity contribution >= 4 is 51.5 Å². The second kappa shape index (κ2) is 7.55. The third kappa shape index (κ3) is 3.50. The Labute approximate surface area is 179 Å². The maximum absolute atomic E-state index is 11.8. The Hall–Kier alpha value is -2.81. The fourth-order valence-electron chi connectivity index (χ4n) is 2.93. The molecular formula is C19H13Cl2N3O4S. The predicted octanol–water partition coefficient (Wildman–Crippen LogP) is 5.17. The molecule has 29 heavy (non-hydrogen) atoms. The van der Waals surface area contributed by atoms with Gasteiger partial charge in [-0.15, -0.1) is 0 Å². The lowest BCUT2D eigenvalue weighted by molar-refractivity contribution is 0.0702. The van der Waals surface area contributed by atoms with Crippen LogP contribution >= 0.6 is 34.5 Å². The van der Waals surface area contributed by atoms with Crippen LogP contribution in [-0.2, 0) is 0 Å². The molecule has 2 aromatic carbocycles. The molecule has 2 heterocycles. The van der Waals surface area contributed by atoms with Gasteiger partial charge in [-0.25, -0.2) is 14.8 Å². The number of carboxylic acids is 1. The van der Waals surface area contributed by atoms with Crippen molar-refractivity contribution in [1.29, 1.82) is 0 Å². The van der Waals surface area contributed by atoms with Gasteiger partial charge >= 0.3 is 5.97 Å². The molecule has 0 amide bonds. The third-order valence-corrected chi connectivity index (χ3v) is 5.68. The van der Waals surface area contributed by atoms with Gasteiger partial charge in [0.15, 0.2) is 16.6 Å². The van der Waals surface area contributed by atoms with E-state index in [2.05, 4.69) is 9.97 Å². The summed E-state index contributed by atoms with van der Waals surface area (Å²) in [5.41, 5.74) is 2.15. The van der Waals surface area contributed by atoms with Gasteiger partial charge in [-0.3, -0.25) is 4.57 Å². The summed E-state index contributed by atoms with van der Waals surface area (Å²) in [7, 11) is 3.08. The number of imidazole rings is 1. The van der Waals surface area contributed by atoms with Gasteiger partial charge in [0, 0.05) is 27.7 Å². The number of nitrogens with zero attached hydrogens (tertiary/aromatic N) is 3. The first-order valence-corrected chi connectivity index (χ1v) is 9.78. The molecule has 0 spiro atoms. The monoisotopic (exact) mass is 449 g/mol. The van der Waals surface area contributed by atoms with Crippen LogP contribution in [0.1, 0.15) is 9.67 Å². The number of aromatic nitrogens is 3. The molecule has 0 aliphatic rings. The Morgan fingerprint density at radius 2 is 1.72 bits per heavy atom. The van der Waals surface area contributed by atoms with E-state index >= 15 is 0 Å². The minimum Gasteiger partial charge on any atom is -0.493 e. The van der Waals surface area contributed by atoms with Crippen molar-refractivity contribution in [2.45, 2.75) is 0 Å². The van der Waals surface area contributed by atoms with E-state index < -0.39 is 5.97 Å². The molecular weight excluding hydrogens is 437 g/mol. The first-order chi connectivity index (χ1) is 13.9. The zero-order chi connectivity index (χ0) is 20.7. The highest BCUT2D eigenvalue weighted by Gasteiger charge is 2.22. The minimum absolute atomic E-state index is 0.0701. The molecule has 0 aliphatic heterocycles. The summed E-state index contributed by atoms with van der Waals surface area (Å²) in [5.74, 6) is -0.0213. The van der Waals surface area contributed by atoms with Crippen molar-refractivity contribution in [1.82, 2.24) is 14.5 Å². The zero-order valence-electron chi connectivity index (χ0n) is 15.1. The second-order valence-corrected chi connectivity index (χ2v) is 7.80. The van der Waals surface area contributed by atoms with Crippen molar-refractivity contribution in [3.05, 3.63) is 51.6 Å². The number of carboxylic acid groups (broad SMARTS) is 1. The van der Waals surface area contributed by atoms with Crippen LogP contribution in [0.25, 0.3) is 27.4 Å². The van der Waals surface area contributed by atoms with Gasteiger partial charge in [-0.05, 0) is 18.2 Å². The van der Waals surface area contributed by atoms with E-state index in [1.54, 1.807) is 48.3 Å². The molecule has 148 valence electrons. The van der Waals surface area contributed by atoms with Gasteiger partial charge in [-0.2, -0.15) is 0 Å². The highest BCUT2D eigenvalue weighted by Crippen LogP contribution is 2.36. The number of fused-ring (bicyclic) bond motifs is 1. The van der Waals surface area contributed by atoms with Crippen molar-refractivity contribution in [2.24, 2.45) is 0 Å². The van der Waals surface area contributed by atoms with Crippen molar-refractivity contribution < 1.29 is 19.4 Å². The number of benzene rings is 2. The fourth-order valence-corrected chi connectivity index (χ4v) is 4.37. The normalized spacial score (nSPS) is 11.0. The Morgan fingerprint density at radius 3 is 2.34 bits per heavy atom. The summed E-state index contributed by atoms with van der Waals surface area (Å²) >= 11 is 13.2. The molecule has 0 aliphatic carbocycles. The smallest absolute Gasteiger partial charge is 0.348 e. The van der Waals surface area contributed by atoms with Gasteiger partial charge < -0.3 is 14.6 Å². The van der Waals surface area contributed by atoms with Gasteiger partial charge in [0.05, 0.1) is 30.9 Å². The highest BCUT2D eigenvalue weighted by atomic mass is 35.5. The molecule has 7 nitrogen and oxygen atoms in total. The Bertz CT molecular complexity index is 1230. The first-order valence-electron chi connectivity index (χ1n) is 8.21. The molecule has 2 aromatic heterocycles. The molecule has 0 atom stereocenters. The van der Waals surface area contributed by atoms with Crippen LogP contribution in [-0.4, -0.2) is 39.8 Å². The van der Waals surface area contributed by atoms with Gasteiger partial charge in [0.25, 0.3) is 0 Å². The maximum Gasteiger partial charge on any atom is 0.348 e. The average molecular weight is 450 g/mol. The van der Waals surface area contributed by atoms with Crippen molar-refractivity contribution in [3.8, 4) is 27.9 Å². The van der Waals surface area contributed by atoms with E-state index in [0.717, 1.165) is 11.3 Å². The molecule has 0 unspecified atom stereocenters. The van der Waals surface area contributed by atoms with E-state index in [1.807, 2.05) is 0 Å². The lowest BCUT2D eigenvalue weighted by Gasteiger charge is -2.07. The van der Waals surface area contributed by atoms with Crippen molar-refractivity contribution in [2.75, 3.05) is 14.2 Å². The third-order valence-electron chi connectivity index (χ3n) is 4.20. The number of hydrogen-bond acceptors (Lipinski definition) is 6. The first kappa shape index (κ1) is 19.5. The molecule has 4 rings (SSSR count). The molecule has 10 heteroatoms. The van der Waals surface area contributed by atoms with Gasteiger partial charge in [-0.1, -0.05) is 34.5 Å². The van der Waals surface area contributed by atoms with E-state index in [0.29, 0.717) is 43.3 Å². The Morgan fingerprint density at radius 1 is 1.07 bits per heavy atom. The van der Waals surface area contributed by atoms with Crippen molar-refractivity contribution in [3.63, 3.8) is 0 Å². The van der Waals surface area contributed by atoms with E-state index in [9.17, 15) is 9.90 Å². The number of halogens is 2. The van der Waals surface area contributed by atoms with Crippen LogP contribution in [0.4, 0.5) is 0 Å². The number of thiazole rings is 1. The Kier molecular flexibility index (Phi) is 5.08. The van der Waals surface area contributed by atoms with Crippen LogP contribution in [0.3, 0.4) is 0 Å². The summed E-state index contributed by atoms with van der Waals surface area (Å²) in [5, 5.41) is 10.9.